The number of thiol groups is 1. The molecule has 31 heavy (non-hydrogen) atoms. The molecule has 0 aromatic carbocycles. The second-order valence-corrected chi connectivity index (χ2v) is 11.0. The zero-order valence-corrected chi connectivity index (χ0v) is 19.0. The fraction of sp³-hybridized carbons (Fsp3) is 0.542. The van der Waals surface area contributed by atoms with Gasteiger partial charge >= 0.3 is 5.97 Å². The maximum atomic E-state index is 12.6. The first-order chi connectivity index (χ1) is 14.6. The highest BCUT2D eigenvalue weighted by Gasteiger charge is 2.46. The fourth-order valence-corrected chi connectivity index (χ4v) is 4.66. The van der Waals surface area contributed by atoms with Crippen molar-refractivity contribution in [2.75, 3.05) is 6.61 Å². The molecule has 0 bridgehead atoms. The SMILES string of the molecule is CC(C)(C)[C@@]1(S)Cc2cc(OCC3CC3)c(C3CC3)nc2-c2cc(=O)c(C(=O)O)cn21. The molecule has 0 unspecified atom stereocenters. The van der Waals surface area contributed by atoms with Gasteiger partial charge in [0, 0.05) is 24.6 Å². The summed E-state index contributed by atoms with van der Waals surface area (Å²) in [4.78, 5) is 28.6. The Hall–Kier alpha value is -2.28. The van der Waals surface area contributed by atoms with Gasteiger partial charge in [0.05, 0.1) is 28.6 Å². The smallest absolute Gasteiger partial charge is 0.341 e. The van der Waals surface area contributed by atoms with Gasteiger partial charge in [0.2, 0.25) is 0 Å². The fourth-order valence-electron chi connectivity index (χ4n) is 4.32. The molecule has 2 fully saturated rings. The Morgan fingerprint density at radius 1 is 1.29 bits per heavy atom. The Bertz CT molecular complexity index is 1140. The second kappa shape index (κ2) is 6.86. The van der Waals surface area contributed by atoms with E-state index in [1.54, 1.807) is 0 Å². The monoisotopic (exact) mass is 440 g/mol. The molecule has 2 aromatic rings. The lowest BCUT2D eigenvalue weighted by atomic mass is 9.78. The number of carboxylic acid groups (broad SMARTS) is 1. The molecule has 3 heterocycles. The number of ether oxygens (including phenoxy) is 1. The molecule has 0 radical (unpaired) electrons. The molecular weight excluding hydrogens is 412 g/mol. The summed E-state index contributed by atoms with van der Waals surface area (Å²) in [6, 6.07) is 3.50. The Labute approximate surface area is 187 Å². The van der Waals surface area contributed by atoms with E-state index in [1.807, 2.05) is 4.57 Å². The number of carbonyl (C=O) groups is 1. The lowest BCUT2D eigenvalue weighted by Crippen LogP contribution is -2.46. The zero-order valence-electron chi connectivity index (χ0n) is 18.1. The number of aromatic carboxylic acids is 1. The van der Waals surface area contributed by atoms with E-state index in [-0.39, 0.29) is 11.0 Å². The minimum Gasteiger partial charge on any atom is -0.491 e. The molecule has 1 atom stereocenters. The summed E-state index contributed by atoms with van der Waals surface area (Å²) < 4.78 is 8.06. The predicted molar refractivity (Wildman–Crippen MR) is 121 cm³/mol. The first-order valence-electron chi connectivity index (χ1n) is 11.0. The number of hydrogen-bond acceptors (Lipinski definition) is 5. The maximum Gasteiger partial charge on any atom is 0.341 e. The normalized spacial score (nSPS) is 22.6. The van der Waals surface area contributed by atoms with E-state index in [2.05, 4.69) is 26.8 Å². The van der Waals surface area contributed by atoms with Crippen LogP contribution in [0.2, 0.25) is 0 Å². The summed E-state index contributed by atoms with van der Waals surface area (Å²) in [7, 11) is 0. The highest BCUT2D eigenvalue weighted by Crippen LogP contribution is 2.51. The summed E-state index contributed by atoms with van der Waals surface area (Å²) in [5, 5.41) is 9.54. The van der Waals surface area contributed by atoms with Crippen LogP contribution < -0.4 is 10.2 Å². The third-order valence-corrected chi connectivity index (χ3v) is 7.83. The van der Waals surface area contributed by atoms with E-state index < -0.39 is 16.3 Å². The molecule has 7 heteroatoms. The lowest BCUT2D eigenvalue weighted by molar-refractivity contribution is 0.0693. The van der Waals surface area contributed by atoms with Gasteiger partial charge in [-0.15, -0.1) is 0 Å². The Kier molecular flexibility index (Phi) is 4.56. The molecular formula is C24H28N2O4S. The Balaban J connectivity index is 1.71. The van der Waals surface area contributed by atoms with Crippen molar-refractivity contribution < 1.29 is 14.6 Å². The number of nitrogens with zero attached hydrogens (tertiary/aromatic N) is 2. The quantitative estimate of drug-likeness (QED) is 0.671. The molecule has 2 aliphatic carbocycles. The number of pyridine rings is 2. The Morgan fingerprint density at radius 2 is 2.00 bits per heavy atom. The van der Waals surface area contributed by atoms with Crippen molar-refractivity contribution in [2.24, 2.45) is 11.3 Å². The molecule has 5 rings (SSSR count). The van der Waals surface area contributed by atoms with Crippen LogP contribution in [0.5, 0.6) is 5.75 Å². The van der Waals surface area contributed by atoms with Gasteiger partial charge in [-0.05, 0) is 48.6 Å². The molecule has 3 aliphatic rings. The third kappa shape index (κ3) is 3.47. The van der Waals surface area contributed by atoms with Crippen LogP contribution >= 0.6 is 12.6 Å². The van der Waals surface area contributed by atoms with Crippen LogP contribution in [0.25, 0.3) is 11.4 Å². The van der Waals surface area contributed by atoms with E-state index in [9.17, 15) is 14.7 Å². The van der Waals surface area contributed by atoms with Gasteiger partial charge < -0.3 is 14.4 Å². The van der Waals surface area contributed by atoms with Gasteiger partial charge in [0.25, 0.3) is 0 Å². The molecule has 1 aliphatic heterocycles. The third-order valence-electron chi connectivity index (χ3n) is 6.79. The molecule has 1 N–H and O–H groups in total. The van der Waals surface area contributed by atoms with Gasteiger partial charge in [-0.2, -0.15) is 12.6 Å². The summed E-state index contributed by atoms with van der Waals surface area (Å²) in [6.45, 7) is 6.95. The summed E-state index contributed by atoms with van der Waals surface area (Å²) in [5.41, 5.74) is 2.23. The largest absolute Gasteiger partial charge is 0.491 e. The molecule has 0 spiro atoms. The summed E-state index contributed by atoms with van der Waals surface area (Å²) >= 11 is 5.09. The number of carboxylic acids is 1. The van der Waals surface area contributed by atoms with Gasteiger partial charge in [-0.25, -0.2) is 9.78 Å². The van der Waals surface area contributed by atoms with Crippen molar-refractivity contribution in [3.8, 4) is 17.1 Å². The van der Waals surface area contributed by atoms with Crippen LogP contribution in [0.1, 0.15) is 74.0 Å². The van der Waals surface area contributed by atoms with Crippen molar-refractivity contribution in [3.05, 3.63) is 45.4 Å². The van der Waals surface area contributed by atoms with Crippen molar-refractivity contribution >= 4 is 18.6 Å². The molecule has 0 saturated heterocycles. The first kappa shape index (κ1) is 20.6. The number of aromatic nitrogens is 2. The van der Waals surface area contributed by atoms with E-state index in [4.69, 9.17) is 22.3 Å². The van der Waals surface area contributed by atoms with Crippen LogP contribution in [0.15, 0.2) is 23.1 Å². The average Bonchev–Trinajstić information content (AvgIpc) is 3.59. The molecule has 0 amide bonds. The van der Waals surface area contributed by atoms with Gasteiger partial charge in [0.1, 0.15) is 11.3 Å². The minimum atomic E-state index is -1.23. The van der Waals surface area contributed by atoms with Crippen LogP contribution in [0.4, 0.5) is 0 Å². The van der Waals surface area contributed by atoms with E-state index in [1.165, 1.54) is 25.1 Å². The van der Waals surface area contributed by atoms with Crippen LogP contribution in [0.3, 0.4) is 0 Å². The van der Waals surface area contributed by atoms with Gasteiger partial charge in [0.15, 0.2) is 5.43 Å². The number of hydrogen-bond donors (Lipinski definition) is 2. The van der Waals surface area contributed by atoms with Crippen molar-refractivity contribution in [2.45, 2.75) is 63.7 Å². The maximum absolute atomic E-state index is 12.6. The molecule has 2 saturated carbocycles. The highest BCUT2D eigenvalue weighted by atomic mass is 32.1. The zero-order chi connectivity index (χ0) is 22.1. The first-order valence-corrected chi connectivity index (χ1v) is 11.4. The Morgan fingerprint density at radius 3 is 2.58 bits per heavy atom. The predicted octanol–water partition coefficient (Wildman–Crippen LogP) is 4.46. The highest BCUT2D eigenvalue weighted by molar-refractivity contribution is 7.81. The second-order valence-electron chi connectivity index (χ2n) is 10.3. The van der Waals surface area contributed by atoms with Crippen LogP contribution in [-0.2, 0) is 11.3 Å². The van der Waals surface area contributed by atoms with Gasteiger partial charge in [-0.3, -0.25) is 4.79 Å². The van der Waals surface area contributed by atoms with E-state index in [0.717, 1.165) is 42.1 Å². The van der Waals surface area contributed by atoms with Crippen molar-refractivity contribution in [1.29, 1.82) is 0 Å². The average molecular weight is 441 g/mol. The summed E-state index contributed by atoms with van der Waals surface area (Å²) in [5.74, 6) is 0.667. The van der Waals surface area contributed by atoms with Crippen molar-refractivity contribution in [1.82, 2.24) is 9.55 Å². The van der Waals surface area contributed by atoms with Crippen molar-refractivity contribution in [3.63, 3.8) is 0 Å². The van der Waals surface area contributed by atoms with Gasteiger partial charge in [-0.1, -0.05) is 20.8 Å². The van der Waals surface area contributed by atoms with E-state index in [0.29, 0.717) is 24.0 Å². The standard InChI is InChI=1S/C24H28N2O4S/c1-23(2,3)24(31)10-15-8-19(30-12-13-4-5-13)21(14-6-7-14)25-20(15)17-9-18(27)16(22(28)29)11-26(17)24/h8-9,11,13-14,31H,4-7,10,12H2,1-3H3,(H,28,29)/t24-/m0/s1. The van der Waals surface area contributed by atoms with Crippen LogP contribution in [-0.4, -0.2) is 27.2 Å². The topological polar surface area (TPSA) is 81.4 Å². The summed E-state index contributed by atoms with van der Waals surface area (Å²) in [6.07, 6.45) is 6.63. The molecule has 6 nitrogen and oxygen atoms in total. The van der Waals surface area contributed by atoms with E-state index >= 15 is 0 Å². The number of fused-ring (bicyclic) bond motifs is 3. The molecule has 164 valence electrons. The lowest BCUT2D eigenvalue weighted by Gasteiger charge is -2.47. The molecule has 2 aromatic heterocycles. The van der Waals surface area contributed by atoms with Crippen LogP contribution in [0, 0.1) is 11.3 Å². The number of rotatable bonds is 5. The minimum absolute atomic E-state index is 0.248.